The molecule has 1 rings (SSSR count). The smallest absolute Gasteiger partial charge is 0.217 e. The molecule has 1 amide bonds. The zero-order chi connectivity index (χ0) is 9.84. The van der Waals surface area contributed by atoms with Crippen molar-refractivity contribution in [2.45, 2.75) is 12.8 Å². The first-order chi connectivity index (χ1) is 6.09. The van der Waals surface area contributed by atoms with Gasteiger partial charge in [0.25, 0.3) is 0 Å². The van der Waals surface area contributed by atoms with E-state index in [1.165, 1.54) is 0 Å². The normalized spacial score (nSPS) is 9.85. The lowest BCUT2D eigenvalue weighted by atomic mass is 9.83. The molecule has 0 atom stereocenters. The fourth-order valence-electron chi connectivity index (χ4n) is 1.10. The monoisotopic (exact) mass is 169 g/mol. The standard InChI is InChI=1S/C9H9B2NO/c10-7-2-3-8(11)6(5-7)1-4-9(12)13/h2-3,5H,1,4H2,(H2,12,13). The van der Waals surface area contributed by atoms with Crippen molar-refractivity contribution in [3.8, 4) is 0 Å². The lowest BCUT2D eigenvalue weighted by molar-refractivity contribution is -0.117. The fraction of sp³-hybridized carbons (Fsp3) is 0.222. The largest absolute Gasteiger partial charge is 0.370 e. The van der Waals surface area contributed by atoms with Gasteiger partial charge in [-0.1, -0.05) is 34.7 Å². The molecule has 0 heterocycles. The number of primary amides is 1. The van der Waals surface area contributed by atoms with Crippen LogP contribution in [-0.2, 0) is 11.2 Å². The van der Waals surface area contributed by atoms with Gasteiger partial charge in [0.2, 0.25) is 5.91 Å². The minimum atomic E-state index is -0.332. The van der Waals surface area contributed by atoms with Crippen molar-refractivity contribution in [3.05, 3.63) is 23.8 Å². The average Bonchev–Trinajstić information content (AvgIpc) is 2.06. The molecule has 0 fully saturated rings. The van der Waals surface area contributed by atoms with Crippen molar-refractivity contribution < 1.29 is 4.79 Å². The molecule has 0 spiro atoms. The van der Waals surface area contributed by atoms with Crippen molar-refractivity contribution in [1.82, 2.24) is 0 Å². The van der Waals surface area contributed by atoms with Crippen molar-refractivity contribution in [2.24, 2.45) is 5.73 Å². The third-order valence-electron chi connectivity index (χ3n) is 1.81. The highest BCUT2D eigenvalue weighted by molar-refractivity contribution is 6.36. The Morgan fingerprint density at radius 3 is 2.69 bits per heavy atom. The highest BCUT2D eigenvalue weighted by Crippen LogP contribution is 1.96. The summed E-state index contributed by atoms with van der Waals surface area (Å²) in [5.74, 6) is -0.332. The zero-order valence-corrected chi connectivity index (χ0v) is 7.29. The van der Waals surface area contributed by atoms with Crippen LogP contribution < -0.4 is 16.7 Å². The number of hydrogen-bond donors (Lipinski definition) is 1. The molecular formula is C9H9B2NO. The van der Waals surface area contributed by atoms with Gasteiger partial charge in [-0.05, 0) is 6.42 Å². The molecule has 0 aromatic heterocycles. The summed E-state index contributed by atoms with van der Waals surface area (Å²) in [4.78, 5) is 10.5. The molecule has 62 valence electrons. The Morgan fingerprint density at radius 2 is 2.08 bits per heavy atom. The Labute approximate surface area is 80.3 Å². The number of aryl methyl sites for hydroxylation is 1. The molecular weight excluding hydrogens is 160 g/mol. The number of carbonyl (C=O) groups is 1. The minimum Gasteiger partial charge on any atom is -0.370 e. The second kappa shape index (κ2) is 4.17. The molecule has 4 heteroatoms. The predicted molar refractivity (Wildman–Crippen MR) is 54.7 cm³/mol. The van der Waals surface area contributed by atoms with Crippen molar-refractivity contribution in [1.29, 1.82) is 0 Å². The van der Waals surface area contributed by atoms with Gasteiger partial charge in [-0.25, -0.2) is 0 Å². The van der Waals surface area contributed by atoms with E-state index in [1.807, 2.05) is 0 Å². The van der Waals surface area contributed by atoms with E-state index in [-0.39, 0.29) is 5.91 Å². The number of amides is 1. The fourth-order valence-corrected chi connectivity index (χ4v) is 1.10. The summed E-state index contributed by atoms with van der Waals surface area (Å²) >= 11 is 0. The van der Waals surface area contributed by atoms with Crippen LogP contribution >= 0.6 is 0 Å². The SMILES string of the molecule is [B]c1ccc([B])c(CCC(N)=O)c1. The minimum absolute atomic E-state index is 0.299. The van der Waals surface area contributed by atoms with E-state index in [0.29, 0.717) is 23.8 Å². The molecule has 0 aliphatic heterocycles. The Balaban J connectivity index is 2.75. The Bertz CT molecular complexity index is 325. The van der Waals surface area contributed by atoms with Crippen LogP contribution in [0.2, 0.25) is 0 Å². The number of benzene rings is 1. The van der Waals surface area contributed by atoms with E-state index < -0.39 is 0 Å². The van der Waals surface area contributed by atoms with Gasteiger partial charge >= 0.3 is 0 Å². The quantitative estimate of drug-likeness (QED) is 0.560. The lowest BCUT2D eigenvalue weighted by Gasteiger charge is -2.05. The van der Waals surface area contributed by atoms with Crippen LogP contribution in [-0.4, -0.2) is 21.6 Å². The first-order valence-corrected chi connectivity index (χ1v) is 4.02. The van der Waals surface area contributed by atoms with Gasteiger partial charge in [0.1, 0.15) is 15.7 Å². The molecule has 2 N–H and O–H groups in total. The van der Waals surface area contributed by atoms with Gasteiger partial charge < -0.3 is 5.73 Å². The molecule has 2 nitrogen and oxygen atoms in total. The van der Waals surface area contributed by atoms with Crippen LogP contribution in [0.25, 0.3) is 0 Å². The summed E-state index contributed by atoms with van der Waals surface area (Å²) in [7, 11) is 11.2. The summed E-state index contributed by atoms with van der Waals surface area (Å²) < 4.78 is 0. The zero-order valence-electron chi connectivity index (χ0n) is 7.29. The highest BCUT2D eigenvalue weighted by Gasteiger charge is 2.00. The van der Waals surface area contributed by atoms with Crippen LogP contribution in [0.3, 0.4) is 0 Å². The second-order valence-corrected chi connectivity index (χ2v) is 2.92. The molecule has 1 aromatic carbocycles. The van der Waals surface area contributed by atoms with E-state index in [4.69, 9.17) is 21.4 Å². The summed E-state index contributed by atoms with van der Waals surface area (Å²) in [5.41, 5.74) is 7.19. The van der Waals surface area contributed by atoms with Crippen molar-refractivity contribution in [2.75, 3.05) is 0 Å². The summed E-state index contributed by atoms with van der Waals surface area (Å²) in [6.45, 7) is 0. The Morgan fingerprint density at radius 1 is 1.38 bits per heavy atom. The molecule has 1 aromatic rings. The third kappa shape index (κ3) is 2.98. The van der Waals surface area contributed by atoms with E-state index in [1.54, 1.807) is 18.2 Å². The Kier molecular flexibility index (Phi) is 3.18. The predicted octanol–water partition coefficient (Wildman–Crippen LogP) is -1.31. The van der Waals surface area contributed by atoms with Gasteiger partial charge in [0.15, 0.2) is 0 Å². The van der Waals surface area contributed by atoms with Crippen molar-refractivity contribution in [3.63, 3.8) is 0 Å². The summed E-state index contributed by atoms with van der Waals surface area (Å²) in [6, 6.07) is 5.22. The molecule has 0 saturated heterocycles. The lowest BCUT2D eigenvalue weighted by Crippen LogP contribution is -2.19. The third-order valence-corrected chi connectivity index (χ3v) is 1.81. The number of hydrogen-bond acceptors (Lipinski definition) is 1. The van der Waals surface area contributed by atoms with E-state index in [0.717, 1.165) is 5.56 Å². The van der Waals surface area contributed by atoms with E-state index in [9.17, 15) is 4.79 Å². The summed E-state index contributed by atoms with van der Waals surface area (Å²) in [6.07, 6.45) is 0.847. The maximum Gasteiger partial charge on any atom is 0.217 e. The molecule has 0 bridgehead atoms. The number of nitrogens with two attached hydrogens (primary N) is 1. The highest BCUT2D eigenvalue weighted by atomic mass is 16.1. The molecule has 13 heavy (non-hydrogen) atoms. The van der Waals surface area contributed by atoms with Crippen LogP contribution in [0, 0.1) is 0 Å². The number of rotatable bonds is 3. The molecule has 0 aliphatic rings. The van der Waals surface area contributed by atoms with E-state index >= 15 is 0 Å². The first-order valence-electron chi connectivity index (χ1n) is 4.02. The van der Waals surface area contributed by atoms with Crippen molar-refractivity contribution >= 4 is 32.5 Å². The van der Waals surface area contributed by atoms with Gasteiger partial charge in [-0.15, -0.1) is 0 Å². The second-order valence-electron chi connectivity index (χ2n) is 2.92. The maximum atomic E-state index is 10.5. The van der Waals surface area contributed by atoms with Gasteiger partial charge in [-0.3, -0.25) is 4.79 Å². The van der Waals surface area contributed by atoms with Gasteiger partial charge in [0.05, 0.1) is 0 Å². The molecule has 0 saturated carbocycles. The Hall–Kier alpha value is -1.18. The maximum absolute atomic E-state index is 10.5. The van der Waals surface area contributed by atoms with E-state index in [2.05, 4.69) is 0 Å². The average molecular weight is 169 g/mol. The molecule has 4 radical (unpaired) electrons. The molecule has 0 aliphatic carbocycles. The topological polar surface area (TPSA) is 43.1 Å². The molecule has 0 unspecified atom stereocenters. The first kappa shape index (κ1) is 9.90. The van der Waals surface area contributed by atoms with Gasteiger partial charge in [0, 0.05) is 6.42 Å². The van der Waals surface area contributed by atoms with Crippen LogP contribution in [0.5, 0.6) is 0 Å². The van der Waals surface area contributed by atoms with Gasteiger partial charge in [-0.2, -0.15) is 0 Å². The van der Waals surface area contributed by atoms with Crippen LogP contribution in [0.4, 0.5) is 0 Å². The van der Waals surface area contributed by atoms with Crippen LogP contribution in [0.1, 0.15) is 12.0 Å². The number of carbonyl (C=O) groups excluding carboxylic acids is 1. The van der Waals surface area contributed by atoms with Crippen LogP contribution in [0.15, 0.2) is 18.2 Å². The summed E-state index contributed by atoms with van der Waals surface area (Å²) in [5, 5.41) is 0.